The molecule has 3 N–H and O–H groups in total. The minimum absolute atomic E-state index is 0.504. The molecule has 25 heavy (non-hydrogen) atoms. The van der Waals surface area contributed by atoms with Crippen LogP contribution in [-0.2, 0) is 13.0 Å². The number of benzene rings is 1. The summed E-state index contributed by atoms with van der Waals surface area (Å²) in [6, 6.07) is 12.0. The number of para-hydroxylation sites is 1. The molecule has 0 amide bonds. The summed E-state index contributed by atoms with van der Waals surface area (Å²) in [7, 11) is 0. The maximum absolute atomic E-state index is 5.28. The zero-order chi connectivity index (χ0) is 16.9. The Kier molecular flexibility index (Phi) is 4.28. The van der Waals surface area contributed by atoms with E-state index in [2.05, 4.69) is 42.9 Å². The molecule has 0 aliphatic heterocycles. The monoisotopic (exact) mass is 334 g/mol. The number of fused-ring (bicyclic) bond motifs is 1. The number of nitrogens with one attached hydrogen (secondary N) is 3. The fourth-order valence-electron chi connectivity index (χ4n) is 2.70. The third-order valence-electron chi connectivity index (χ3n) is 3.94. The average Bonchev–Trinajstić information content (AvgIpc) is 3.31. The zero-order valence-electron chi connectivity index (χ0n) is 13.6. The quantitative estimate of drug-likeness (QED) is 0.481. The minimum Gasteiger partial charge on any atom is -0.467 e. The van der Waals surface area contributed by atoms with E-state index in [9.17, 15) is 0 Å². The second-order valence-corrected chi connectivity index (χ2v) is 5.63. The van der Waals surface area contributed by atoms with Gasteiger partial charge in [0.1, 0.15) is 5.76 Å². The Morgan fingerprint density at radius 1 is 1.08 bits per heavy atom. The van der Waals surface area contributed by atoms with E-state index in [1.54, 1.807) is 12.5 Å². The van der Waals surface area contributed by atoms with E-state index < -0.39 is 0 Å². The van der Waals surface area contributed by atoms with E-state index in [1.165, 1.54) is 10.9 Å². The van der Waals surface area contributed by atoms with Gasteiger partial charge in [-0.15, -0.1) is 5.10 Å². The number of anilines is 2. The normalized spacial score (nSPS) is 10.9. The van der Waals surface area contributed by atoms with Crippen LogP contribution in [0.2, 0.25) is 0 Å². The second kappa shape index (κ2) is 7.04. The molecule has 0 radical (unpaired) electrons. The average molecular weight is 334 g/mol. The summed E-state index contributed by atoms with van der Waals surface area (Å²) in [6.07, 6.45) is 6.16. The van der Waals surface area contributed by atoms with Crippen molar-refractivity contribution in [3.05, 3.63) is 66.4 Å². The number of aromatic amines is 1. The van der Waals surface area contributed by atoms with Crippen LogP contribution in [0.25, 0.3) is 10.9 Å². The smallest absolute Gasteiger partial charge is 0.244 e. The molecule has 126 valence electrons. The van der Waals surface area contributed by atoms with Crippen molar-refractivity contribution in [2.75, 3.05) is 17.2 Å². The summed E-state index contributed by atoms with van der Waals surface area (Å²) in [6.45, 7) is 1.28. The van der Waals surface area contributed by atoms with Gasteiger partial charge in [0.25, 0.3) is 0 Å². The van der Waals surface area contributed by atoms with Crippen LogP contribution in [-0.4, -0.2) is 26.7 Å². The van der Waals surface area contributed by atoms with Crippen molar-refractivity contribution in [1.82, 2.24) is 20.2 Å². The molecule has 4 rings (SSSR count). The largest absolute Gasteiger partial charge is 0.467 e. The number of furan rings is 1. The van der Waals surface area contributed by atoms with Crippen LogP contribution < -0.4 is 10.6 Å². The molecule has 0 saturated carbocycles. The van der Waals surface area contributed by atoms with Crippen molar-refractivity contribution in [2.45, 2.75) is 13.0 Å². The van der Waals surface area contributed by atoms with Crippen LogP contribution in [0.15, 0.2) is 59.5 Å². The maximum atomic E-state index is 5.28. The first-order valence-corrected chi connectivity index (χ1v) is 8.13. The molecule has 0 aliphatic rings. The first-order chi connectivity index (χ1) is 12.4. The maximum Gasteiger partial charge on any atom is 0.244 e. The summed E-state index contributed by atoms with van der Waals surface area (Å²) < 4.78 is 5.28. The lowest BCUT2D eigenvalue weighted by Crippen LogP contribution is -2.10. The van der Waals surface area contributed by atoms with Gasteiger partial charge in [0.05, 0.1) is 19.0 Å². The number of rotatable bonds is 7. The highest BCUT2D eigenvalue weighted by atomic mass is 16.3. The topological polar surface area (TPSA) is 91.7 Å². The molecule has 0 spiro atoms. The van der Waals surface area contributed by atoms with Gasteiger partial charge in [-0.1, -0.05) is 18.2 Å². The summed E-state index contributed by atoms with van der Waals surface area (Å²) in [5, 5.41) is 15.6. The molecule has 0 unspecified atom stereocenters. The van der Waals surface area contributed by atoms with Gasteiger partial charge in [0, 0.05) is 23.6 Å². The van der Waals surface area contributed by atoms with E-state index in [0.717, 1.165) is 24.2 Å². The number of hydrogen-bond acceptors (Lipinski definition) is 6. The number of aromatic nitrogens is 4. The minimum atomic E-state index is 0.504. The molecule has 0 atom stereocenters. The van der Waals surface area contributed by atoms with E-state index in [0.29, 0.717) is 18.3 Å². The van der Waals surface area contributed by atoms with Gasteiger partial charge in [-0.3, -0.25) is 0 Å². The molecule has 3 aromatic heterocycles. The summed E-state index contributed by atoms with van der Waals surface area (Å²) >= 11 is 0. The van der Waals surface area contributed by atoms with Gasteiger partial charge in [-0.25, -0.2) is 0 Å². The first kappa shape index (κ1) is 15.2. The number of hydrogen-bond donors (Lipinski definition) is 3. The Morgan fingerprint density at radius 2 is 2.04 bits per heavy atom. The molecule has 1 aromatic carbocycles. The van der Waals surface area contributed by atoms with Crippen LogP contribution in [0, 0.1) is 0 Å². The van der Waals surface area contributed by atoms with Gasteiger partial charge < -0.3 is 20.0 Å². The molecule has 0 bridgehead atoms. The molecule has 3 heterocycles. The molecular formula is C18H18N6O. The third-order valence-corrected chi connectivity index (χ3v) is 3.94. The van der Waals surface area contributed by atoms with Gasteiger partial charge in [-0.05, 0) is 30.2 Å². The molecule has 0 aliphatic carbocycles. The highest BCUT2D eigenvalue weighted by Gasteiger charge is 2.04. The lowest BCUT2D eigenvalue weighted by atomic mass is 10.1. The summed E-state index contributed by atoms with van der Waals surface area (Å²) in [5.74, 6) is 2.00. The second-order valence-electron chi connectivity index (χ2n) is 5.63. The molecule has 7 nitrogen and oxygen atoms in total. The Morgan fingerprint density at radius 3 is 2.96 bits per heavy atom. The molecule has 0 fully saturated rings. The van der Waals surface area contributed by atoms with Crippen LogP contribution in [0.3, 0.4) is 0 Å². The fourth-order valence-corrected chi connectivity index (χ4v) is 2.70. The molecule has 7 heteroatoms. The van der Waals surface area contributed by atoms with E-state index in [4.69, 9.17) is 4.42 Å². The predicted molar refractivity (Wildman–Crippen MR) is 96.4 cm³/mol. The Balaban J connectivity index is 1.34. The highest BCUT2D eigenvalue weighted by molar-refractivity contribution is 5.83. The summed E-state index contributed by atoms with van der Waals surface area (Å²) in [4.78, 5) is 7.69. The van der Waals surface area contributed by atoms with E-state index >= 15 is 0 Å². The Bertz CT molecular complexity index is 947. The Hall–Kier alpha value is -3.35. The van der Waals surface area contributed by atoms with E-state index in [1.807, 2.05) is 30.5 Å². The number of H-pyrrole nitrogens is 1. The van der Waals surface area contributed by atoms with Crippen LogP contribution >= 0.6 is 0 Å². The van der Waals surface area contributed by atoms with Gasteiger partial charge >= 0.3 is 0 Å². The van der Waals surface area contributed by atoms with Crippen molar-refractivity contribution in [3.63, 3.8) is 0 Å². The fraction of sp³-hybridized carbons (Fsp3) is 0.167. The predicted octanol–water partition coefficient (Wildman–Crippen LogP) is 3.21. The zero-order valence-corrected chi connectivity index (χ0v) is 13.6. The lowest BCUT2D eigenvalue weighted by Gasteiger charge is -2.06. The highest BCUT2D eigenvalue weighted by Crippen LogP contribution is 2.18. The molecule has 4 aromatic rings. The molecule has 0 saturated heterocycles. The first-order valence-electron chi connectivity index (χ1n) is 8.13. The van der Waals surface area contributed by atoms with Gasteiger partial charge in [0.15, 0.2) is 5.82 Å². The van der Waals surface area contributed by atoms with Crippen molar-refractivity contribution < 1.29 is 4.42 Å². The van der Waals surface area contributed by atoms with Crippen molar-refractivity contribution in [1.29, 1.82) is 0 Å². The molecular weight excluding hydrogens is 316 g/mol. The third kappa shape index (κ3) is 3.60. The SMILES string of the molecule is c1coc(CNc2cnnc(NCCc3c[nH]c4ccccc34)n2)c1. The van der Waals surface area contributed by atoms with Crippen LogP contribution in [0.4, 0.5) is 11.8 Å². The van der Waals surface area contributed by atoms with Gasteiger partial charge in [-0.2, -0.15) is 10.1 Å². The van der Waals surface area contributed by atoms with Crippen molar-refractivity contribution in [3.8, 4) is 0 Å². The lowest BCUT2D eigenvalue weighted by molar-refractivity contribution is 0.517. The van der Waals surface area contributed by atoms with Crippen molar-refractivity contribution >= 4 is 22.7 Å². The van der Waals surface area contributed by atoms with Crippen LogP contribution in [0.5, 0.6) is 0 Å². The number of nitrogens with zero attached hydrogens (tertiary/aromatic N) is 3. The standard InChI is InChI=1S/C18H18N6O/c1-2-6-16-15(5-1)13(10-20-16)7-8-19-18-23-17(12-22-24-18)21-11-14-4-3-9-25-14/h1-6,9-10,12,20H,7-8,11H2,(H2,19,21,23,24). The van der Waals surface area contributed by atoms with E-state index in [-0.39, 0.29) is 0 Å². The summed E-state index contributed by atoms with van der Waals surface area (Å²) in [5.41, 5.74) is 2.42. The van der Waals surface area contributed by atoms with Gasteiger partial charge in [0.2, 0.25) is 5.95 Å². The van der Waals surface area contributed by atoms with Crippen molar-refractivity contribution in [2.24, 2.45) is 0 Å². The Labute approximate surface area is 144 Å². The van der Waals surface area contributed by atoms with Crippen LogP contribution in [0.1, 0.15) is 11.3 Å².